The van der Waals surface area contributed by atoms with E-state index in [1.54, 1.807) is 22.9 Å². The molecule has 33 heavy (non-hydrogen) atoms. The summed E-state index contributed by atoms with van der Waals surface area (Å²) < 4.78 is 54.9. The summed E-state index contributed by atoms with van der Waals surface area (Å²) >= 11 is 0. The molecule has 2 heterocycles. The first-order valence-electron chi connectivity index (χ1n) is 10.4. The molecule has 0 aliphatic carbocycles. The summed E-state index contributed by atoms with van der Waals surface area (Å²) in [7, 11) is -4.64. The van der Waals surface area contributed by atoms with E-state index in [1.807, 2.05) is 0 Å². The number of carbonyl (C=O) groups excluding carboxylic acids is 1. The number of ether oxygens (including phenoxy) is 1. The lowest BCUT2D eigenvalue weighted by Gasteiger charge is -2.31. The summed E-state index contributed by atoms with van der Waals surface area (Å²) in [5, 5.41) is 0. The molecule has 1 aliphatic heterocycles. The molecule has 12 heteroatoms. The zero-order chi connectivity index (χ0) is 24.6. The monoisotopic (exact) mass is 498 g/mol. The molecule has 2 atom stereocenters. The highest BCUT2D eigenvalue weighted by Crippen LogP contribution is 2.36. The molecular formula is C21H29FN3O6SSi. The van der Waals surface area contributed by atoms with E-state index in [2.05, 4.69) is 38.8 Å². The van der Waals surface area contributed by atoms with Crippen LogP contribution in [-0.2, 0) is 23.5 Å². The minimum atomic E-state index is -3.66. The third-order valence-electron chi connectivity index (χ3n) is 4.87. The third kappa shape index (κ3) is 6.40. The van der Waals surface area contributed by atoms with Crippen molar-refractivity contribution in [3.05, 3.63) is 42.2 Å². The Morgan fingerprint density at radius 1 is 1.33 bits per heavy atom. The molecule has 3 rings (SSSR count). The summed E-state index contributed by atoms with van der Waals surface area (Å²) in [5.41, 5.74) is 1.10. The molecule has 9 nitrogen and oxygen atoms in total. The Bertz CT molecular complexity index is 1120. The fourth-order valence-electron chi connectivity index (χ4n) is 3.41. The van der Waals surface area contributed by atoms with Crippen molar-refractivity contribution < 1.29 is 30.9 Å². The van der Waals surface area contributed by atoms with Gasteiger partial charge in [0.25, 0.3) is 10.1 Å². The van der Waals surface area contributed by atoms with Gasteiger partial charge in [-0.05, 0) is 36.7 Å². The Hall–Kier alpha value is -2.28. The van der Waals surface area contributed by atoms with E-state index in [0.29, 0.717) is 11.4 Å². The van der Waals surface area contributed by atoms with E-state index in [0.717, 1.165) is 6.26 Å². The summed E-state index contributed by atoms with van der Waals surface area (Å²) in [6, 6.07) is 4.37. The van der Waals surface area contributed by atoms with Crippen LogP contribution >= 0.6 is 0 Å². The van der Waals surface area contributed by atoms with Gasteiger partial charge in [-0.25, -0.2) is 14.2 Å². The maximum absolute atomic E-state index is 15.0. The van der Waals surface area contributed by atoms with Gasteiger partial charge in [0.1, 0.15) is 18.5 Å². The predicted molar refractivity (Wildman–Crippen MR) is 123 cm³/mol. The number of aromatic nitrogens is 2. The van der Waals surface area contributed by atoms with E-state index in [9.17, 15) is 13.2 Å². The van der Waals surface area contributed by atoms with Crippen LogP contribution in [0.4, 0.5) is 14.9 Å². The lowest BCUT2D eigenvalue weighted by Crippen LogP contribution is -2.26. The van der Waals surface area contributed by atoms with Gasteiger partial charge >= 0.3 is 6.09 Å². The normalized spacial score (nSPS) is 18.1. The Morgan fingerprint density at radius 2 is 2.03 bits per heavy atom. The van der Waals surface area contributed by atoms with Crippen molar-refractivity contribution in [3.63, 3.8) is 0 Å². The molecule has 0 spiro atoms. The van der Waals surface area contributed by atoms with Crippen LogP contribution in [0.1, 0.15) is 32.6 Å². The van der Waals surface area contributed by atoms with Gasteiger partial charge < -0.3 is 13.7 Å². The summed E-state index contributed by atoms with van der Waals surface area (Å²) in [5.74, 6) is -0.552. The van der Waals surface area contributed by atoms with Gasteiger partial charge in [-0.1, -0.05) is 20.8 Å². The highest BCUT2D eigenvalue weighted by molar-refractivity contribution is 7.85. The van der Waals surface area contributed by atoms with Crippen molar-refractivity contribution in [2.75, 3.05) is 24.3 Å². The van der Waals surface area contributed by atoms with Crippen LogP contribution in [0, 0.1) is 11.2 Å². The smallest absolute Gasteiger partial charge is 0.414 e. The molecule has 2 aromatic rings. The number of rotatable bonds is 8. The number of amides is 1. The zero-order valence-corrected chi connectivity index (χ0v) is 21.3. The number of hydrogen-bond donors (Lipinski definition) is 0. The van der Waals surface area contributed by atoms with E-state index in [1.165, 1.54) is 17.3 Å². The van der Waals surface area contributed by atoms with E-state index in [-0.39, 0.29) is 30.4 Å². The van der Waals surface area contributed by atoms with Gasteiger partial charge in [-0.15, -0.1) is 0 Å². The van der Waals surface area contributed by atoms with Crippen LogP contribution in [0.15, 0.2) is 30.7 Å². The van der Waals surface area contributed by atoms with Gasteiger partial charge in [-0.2, -0.15) is 8.42 Å². The number of imidazole rings is 1. The zero-order valence-electron chi connectivity index (χ0n) is 19.5. The maximum Gasteiger partial charge on any atom is 0.414 e. The quantitative estimate of drug-likeness (QED) is 0.404. The topological polar surface area (TPSA) is 100.0 Å². The van der Waals surface area contributed by atoms with Crippen molar-refractivity contribution in [1.82, 2.24) is 9.55 Å². The molecule has 1 saturated heterocycles. The van der Waals surface area contributed by atoms with Crippen molar-refractivity contribution >= 4 is 30.9 Å². The lowest BCUT2D eigenvalue weighted by atomic mass is 9.87. The maximum atomic E-state index is 15.0. The number of anilines is 1. The fraction of sp³-hybridized carbons (Fsp3) is 0.524. The molecule has 2 unspecified atom stereocenters. The van der Waals surface area contributed by atoms with Crippen LogP contribution in [0.5, 0.6) is 0 Å². The molecule has 0 N–H and O–H groups in total. The first-order chi connectivity index (χ1) is 15.2. The van der Waals surface area contributed by atoms with E-state index < -0.39 is 37.2 Å². The largest absolute Gasteiger partial charge is 0.441 e. The highest BCUT2D eigenvalue weighted by atomic mass is 32.2. The molecule has 181 valence electrons. The van der Waals surface area contributed by atoms with Crippen molar-refractivity contribution in [3.8, 4) is 5.69 Å². The van der Waals surface area contributed by atoms with Gasteiger partial charge in [-0.3, -0.25) is 9.08 Å². The number of cyclic esters (lactones) is 1. The Kier molecular flexibility index (Phi) is 7.32. The average Bonchev–Trinajstić information content (AvgIpc) is 3.29. The Labute approximate surface area is 195 Å². The van der Waals surface area contributed by atoms with Gasteiger partial charge in [0, 0.05) is 6.20 Å². The standard InChI is InChI=1S/C21H29FN3O6SSi/c1-21(2,3)19(31-33(5)6)17-11-24(13-23-17)18-8-7-14(9-16(18)22)25-10-15(30-20(25)26)12-29-32(4,27)28/h7-9,11,13,15,19H,10,12H2,1-6H3. The molecule has 1 radical (unpaired) electrons. The lowest BCUT2D eigenvalue weighted by molar-refractivity contribution is 0.0830. The molecule has 1 aromatic carbocycles. The predicted octanol–water partition coefficient (Wildman–Crippen LogP) is 3.67. The van der Waals surface area contributed by atoms with E-state index >= 15 is 4.39 Å². The summed E-state index contributed by atoms with van der Waals surface area (Å²) in [6.45, 7) is 10.1. The van der Waals surface area contributed by atoms with Crippen molar-refractivity contribution in [2.24, 2.45) is 5.41 Å². The van der Waals surface area contributed by atoms with Gasteiger partial charge in [0.2, 0.25) is 9.04 Å². The summed E-state index contributed by atoms with van der Waals surface area (Å²) in [4.78, 5) is 17.9. The summed E-state index contributed by atoms with van der Waals surface area (Å²) in [6.07, 6.45) is 2.50. The van der Waals surface area contributed by atoms with Crippen molar-refractivity contribution in [1.29, 1.82) is 0 Å². The molecule has 0 bridgehead atoms. The van der Waals surface area contributed by atoms with Crippen molar-refractivity contribution in [2.45, 2.75) is 46.1 Å². The number of halogens is 1. The van der Waals surface area contributed by atoms with Crippen LogP contribution in [0.25, 0.3) is 5.69 Å². The Balaban J connectivity index is 1.78. The highest BCUT2D eigenvalue weighted by Gasteiger charge is 2.34. The van der Waals surface area contributed by atoms with Gasteiger partial charge in [0.15, 0.2) is 0 Å². The second kappa shape index (κ2) is 9.53. The van der Waals surface area contributed by atoms with Crippen LogP contribution < -0.4 is 4.90 Å². The minimum Gasteiger partial charge on any atom is -0.441 e. The molecule has 1 fully saturated rings. The van der Waals surface area contributed by atoms with Gasteiger partial charge in [0.05, 0.1) is 42.3 Å². The fourth-order valence-corrected chi connectivity index (χ4v) is 4.76. The number of nitrogens with zero attached hydrogens (tertiary/aromatic N) is 3. The first kappa shape index (κ1) is 25.3. The van der Waals surface area contributed by atoms with Crippen LogP contribution in [0.2, 0.25) is 13.1 Å². The molecule has 1 aromatic heterocycles. The number of benzene rings is 1. The second-order valence-corrected chi connectivity index (χ2v) is 12.9. The van der Waals surface area contributed by atoms with E-state index in [4.69, 9.17) is 13.3 Å². The number of carbonyl (C=O) groups is 1. The number of hydrogen-bond acceptors (Lipinski definition) is 7. The SMILES string of the molecule is C[Si](C)OC(c1cn(-c2ccc(N3CC(COS(C)(=O)=O)OC3=O)cc2F)cn1)C(C)(C)C. The minimum absolute atomic E-state index is 0.0466. The first-order valence-corrected chi connectivity index (χ1v) is 14.6. The molecule has 1 amide bonds. The second-order valence-electron chi connectivity index (χ2n) is 9.22. The van der Waals surface area contributed by atoms with Crippen LogP contribution in [-0.4, -0.2) is 58.6 Å². The third-order valence-corrected chi connectivity index (χ3v) is 6.15. The molecule has 0 saturated carbocycles. The molecular weight excluding hydrogens is 469 g/mol. The van der Waals surface area contributed by atoms with Crippen LogP contribution in [0.3, 0.4) is 0 Å². The Morgan fingerprint density at radius 3 is 2.61 bits per heavy atom. The average molecular weight is 499 g/mol. The molecule has 1 aliphatic rings.